The Morgan fingerprint density at radius 1 is 1.18 bits per heavy atom. The van der Waals surface area contributed by atoms with Crippen LogP contribution in [-0.4, -0.2) is 35.2 Å². The van der Waals surface area contributed by atoms with Gasteiger partial charge in [-0.1, -0.05) is 18.9 Å². The van der Waals surface area contributed by atoms with E-state index in [0.29, 0.717) is 18.7 Å². The average molecular weight is 306 g/mol. The van der Waals surface area contributed by atoms with E-state index in [-0.39, 0.29) is 17.0 Å². The minimum atomic E-state index is -1.14. The molecule has 6 heteroatoms. The van der Waals surface area contributed by atoms with E-state index in [9.17, 15) is 14.7 Å². The first-order valence-corrected chi connectivity index (χ1v) is 7.47. The van der Waals surface area contributed by atoms with E-state index in [1.54, 1.807) is 6.07 Å². The van der Waals surface area contributed by atoms with E-state index in [1.165, 1.54) is 12.1 Å². The monoisotopic (exact) mass is 306 g/mol. The average Bonchev–Trinajstić information content (AvgIpc) is 2.53. The standard InChI is InChI=1S/C16H22N2O4/c17-8-11-3-1-2-6-16(11,9-18)13-5-4-10(14(19)20)7-12(13)15(21)22/h4-5,7,11H,1-3,6,8-9,17-18H2,(H,19,20)(H,21,22). The fourth-order valence-electron chi connectivity index (χ4n) is 3.68. The summed E-state index contributed by atoms with van der Waals surface area (Å²) >= 11 is 0. The maximum atomic E-state index is 11.6. The van der Waals surface area contributed by atoms with Crippen molar-refractivity contribution in [2.24, 2.45) is 17.4 Å². The van der Waals surface area contributed by atoms with Gasteiger partial charge in [-0.3, -0.25) is 0 Å². The molecule has 1 saturated carbocycles. The molecule has 0 aliphatic heterocycles. The van der Waals surface area contributed by atoms with Crippen molar-refractivity contribution in [3.05, 3.63) is 34.9 Å². The van der Waals surface area contributed by atoms with Crippen LogP contribution in [0.5, 0.6) is 0 Å². The summed E-state index contributed by atoms with van der Waals surface area (Å²) in [5, 5.41) is 18.6. The number of hydrogen-bond donors (Lipinski definition) is 4. The molecular formula is C16H22N2O4. The number of hydrogen-bond acceptors (Lipinski definition) is 4. The smallest absolute Gasteiger partial charge is 0.336 e. The Labute approximate surface area is 129 Å². The quantitative estimate of drug-likeness (QED) is 0.651. The Morgan fingerprint density at radius 2 is 1.91 bits per heavy atom. The van der Waals surface area contributed by atoms with Crippen LogP contribution >= 0.6 is 0 Å². The van der Waals surface area contributed by atoms with Gasteiger partial charge >= 0.3 is 11.9 Å². The minimum Gasteiger partial charge on any atom is -0.478 e. The van der Waals surface area contributed by atoms with Gasteiger partial charge in [-0.05, 0) is 43.0 Å². The van der Waals surface area contributed by atoms with Crippen molar-refractivity contribution in [2.45, 2.75) is 31.1 Å². The lowest BCUT2D eigenvalue weighted by Crippen LogP contribution is -2.48. The summed E-state index contributed by atoms with van der Waals surface area (Å²) in [7, 11) is 0. The summed E-state index contributed by atoms with van der Waals surface area (Å²) in [6.07, 6.45) is 3.71. The zero-order valence-electron chi connectivity index (χ0n) is 12.4. The Morgan fingerprint density at radius 3 is 2.45 bits per heavy atom. The zero-order chi connectivity index (χ0) is 16.3. The van der Waals surface area contributed by atoms with Crippen LogP contribution in [0.3, 0.4) is 0 Å². The van der Waals surface area contributed by atoms with E-state index in [4.69, 9.17) is 16.6 Å². The maximum absolute atomic E-state index is 11.6. The predicted molar refractivity (Wildman–Crippen MR) is 82.1 cm³/mol. The normalized spacial score (nSPS) is 24.9. The molecule has 0 bridgehead atoms. The SMILES string of the molecule is NCC1CCCCC1(CN)c1ccc(C(=O)O)cc1C(=O)O. The number of benzene rings is 1. The van der Waals surface area contributed by atoms with Crippen molar-refractivity contribution >= 4 is 11.9 Å². The topological polar surface area (TPSA) is 127 Å². The third-order valence-corrected chi connectivity index (χ3v) is 4.89. The highest BCUT2D eigenvalue weighted by molar-refractivity contribution is 5.95. The van der Waals surface area contributed by atoms with Gasteiger partial charge in [0.1, 0.15) is 0 Å². The molecule has 1 aliphatic carbocycles. The summed E-state index contributed by atoms with van der Waals surface area (Å²) in [5.74, 6) is -2.16. The molecule has 0 radical (unpaired) electrons. The van der Waals surface area contributed by atoms with Crippen LogP contribution < -0.4 is 11.5 Å². The Kier molecular flexibility index (Phi) is 4.83. The number of carboxylic acid groups (broad SMARTS) is 2. The fourth-order valence-corrected chi connectivity index (χ4v) is 3.68. The van der Waals surface area contributed by atoms with Crippen LogP contribution in [0.25, 0.3) is 0 Å². The lowest BCUT2D eigenvalue weighted by atomic mass is 9.61. The highest BCUT2D eigenvalue weighted by atomic mass is 16.4. The Balaban J connectivity index is 2.61. The molecule has 1 aromatic carbocycles. The third kappa shape index (κ3) is 2.71. The number of carbonyl (C=O) groups is 2. The second-order valence-corrected chi connectivity index (χ2v) is 5.91. The van der Waals surface area contributed by atoms with Crippen molar-refractivity contribution in [1.82, 2.24) is 0 Å². The maximum Gasteiger partial charge on any atom is 0.336 e. The molecule has 22 heavy (non-hydrogen) atoms. The largest absolute Gasteiger partial charge is 0.478 e. The molecule has 0 heterocycles. The molecule has 120 valence electrons. The highest BCUT2D eigenvalue weighted by Crippen LogP contribution is 2.44. The van der Waals surface area contributed by atoms with Crippen LogP contribution in [0.15, 0.2) is 18.2 Å². The van der Waals surface area contributed by atoms with Gasteiger partial charge in [0.05, 0.1) is 11.1 Å². The summed E-state index contributed by atoms with van der Waals surface area (Å²) in [5.41, 5.74) is 12.0. The van der Waals surface area contributed by atoms with E-state index in [1.807, 2.05) is 0 Å². The highest BCUT2D eigenvalue weighted by Gasteiger charge is 2.42. The van der Waals surface area contributed by atoms with Crippen molar-refractivity contribution in [3.8, 4) is 0 Å². The van der Waals surface area contributed by atoms with E-state index in [0.717, 1.165) is 25.7 Å². The third-order valence-electron chi connectivity index (χ3n) is 4.89. The zero-order valence-corrected chi connectivity index (χ0v) is 12.4. The number of carboxylic acids is 2. The number of aromatic carboxylic acids is 2. The molecule has 0 aromatic heterocycles. The first-order valence-electron chi connectivity index (χ1n) is 7.47. The second-order valence-electron chi connectivity index (χ2n) is 5.91. The van der Waals surface area contributed by atoms with Gasteiger partial charge in [-0.25, -0.2) is 9.59 Å². The van der Waals surface area contributed by atoms with Crippen LogP contribution in [0.4, 0.5) is 0 Å². The van der Waals surface area contributed by atoms with Gasteiger partial charge in [-0.2, -0.15) is 0 Å². The number of nitrogens with two attached hydrogens (primary N) is 2. The molecule has 0 amide bonds. The van der Waals surface area contributed by atoms with Crippen molar-refractivity contribution in [2.75, 3.05) is 13.1 Å². The van der Waals surface area contributed by atoms with Crippen molar-refractivity contribution < 1.29 is 19.8 Å². The molecule has 1 aliphatic rings. The molecule has 0 saturated heterocycles. The predicted octanol–water partition coefficient (Wildman–Crippen LogP) is 1.43. The molecule has 6 nitrogen and oxygen atoms in total. The van der Waals surface area contributed by atoms with E-state index in [2.05, 4.69) is 0 Å². The summed E-state index contributed by atoms with van der Waals surface area (Å²) in [6.45, 7) is 0.749. The molecule has 2 rings (SSSR count). The van der Waals surface area contributed by atoms with E-state index < -0.39 is 17.4 Å². The summed E-state index contributed by atoms with van der Waals surface area (Å²) < 4.78 is 0. The van der Waals surface area contributed by atoms with Crippen LogP contribution in [-0.2, 0) is 5.41 Å². The molecule has 2 unspecified atom stereocenters. The molecular weight excluding hydrogens is 284 g/mol. The first-order chi connectivity index (χ1) is 10.5. The molecule has 6 N–H and O–H groups in total. The molecule has 1 aromatic rings. The summed E-state index contributed by atoms with van der Waals surface area (Å²) in [6, 6.07) is 4.27. The van der Waals surface area contributed by atoms with Gasteiger partial charge in [0.25, 0.3) is 0 Å². The molecule has 2 atom stereocenters. The molecule has 1 fully saturated rings. The van der Waals surface area contributed by atoms with Gasteiger partial charge in [0.15, 0.2) is 0 Å². The van der Waals surface area contributed by atoms with Gasteiger partial charge in [0, 0.05) is 12.0 Å². The van der Waals surface area contributed by atoms with Crippen LogP contribution in [0.2, 0.25) is 0 Å². The summed E-state index contributed by atoms with van der Waals surface area (Å²) in [4.78, 5) is 22.7. The van der Waals surface area contributed by atoms with Crippen molar-refractivity contribution in [3.63, 3.8) is 0 Å². The van der Waals surface area contributed by atoms with Crippen LogP contribution in [0.1, 0.15) is 52.0 Å². The second kappa shape index (κ2) is 6.46. The van der Waals surface area contributed by atoms with E-state index >= 15 is 0 Å². The Hall–Kier alpha value is -1.92. The fraction of sp³-hybridized carbons (Fsp3) is 0.500. The van der Waals surface area contributed by atoms with Crippen molar-refractivity contribution in [1.29, 1.82) is 0 Å². The number of rotatable bonds is 5. The molecule has 0 spiro atoms. The van der Waals surface area contributed by atoms with Gasteiger partial charge < -0.3 is 21.7 Å². The van der Waals surface area contributed by atoms with Gasteiger partial charge in [-0.15, -0.1) is 0 Å². The lowest BCUT2D eigenvalue weighted by Gasteiger charge is -2.44. The van der Waals surface area contributed by atoms with Gasteiger partial charge in [0.2, 0.25) is 0 Å². The Bertz CT molecular complexity index is 588. The van der Waals surface area contributed by atoms with Crippen LogP contribution in [0, 0.1) is 5.92 Å². The minimum absolute atomic E-state index is 0.0192. The first kappa shape index (κ1) is 16.5. The lowest BCUT2D eigenvalue weighted by molar-refractivity contribution is 0.0690.